The summed E-state index contributed by atoms with van der Waals surface area (Å²) < 4.78 is 7.54. The van der Waals surface area contributed by atoms with E-state index in [0.717, 1.165) is 5.69 Å². The van der Waals surface area contributed by atoms with Gasteiger partial charge in [-0.15, -0.1) is 11.3 Å². The quantitative estimate of drug-likeness (QED) is 0.172. The van der Waals surface area contributed by atoms with Crippen LogP contribution in [0.2, 0.25) is 0 Å². The van der Waals surface area contributed by atoms with Gasteiger partial charge in [-0.1, -0.05) is 133 Å². The minimum absolute atomic E-state index is 1.16. The van der Waals surface area contributed by atoms with Crippen LogP contribution in [0.25, 0.3) is 108 Å². The standard InChI is InChI=1S/C52H32N2S/c1-3-11-33(12-4-1)37-20-24-41-45-29-35(21-27-47(45)53(49(41)31-37)38-14-5-2-6-15-38)36-22-28-48-46(30-36)44-25-19-34-13-7-8-16-40(34)52(44)54(48)39-23-26-43-42-17-9-10-18-50(42)55-51(43)32-39/h1-32H. The van der Waals surface area contributed by atoms with Crippen LogP contribution >= 0.6 is 11.3 Å². The fraction of sp³-hybridized carbons (Fsp3) is 0. The van der Waals surface area contributed by atoms with Crippen molar-refractivity contribution in [3.05, 3.63) is 194 Å². The number of thiophene rings is 1. The number of hydrogen-bond donors (Lipinski definition) is 0. The molecule has 0 saturated carbocycles. The first-order valence-corrected chi connectivity index (χ1v) is 19.7. The predicted molar refractivity (Wildman–Crippen MR) is 236 cm³/mol. The smallest absolute Gasteiger partial charge is 0.0619 e. The maximum atomic E-state index is 2.49. The van der Waals surface area contributed by atoms with Gasteiger partial charge >= 0.3 is 0 Å². The van der Waals surface area contributed by atoms with Gasteiger partial charge in [-0.05, 0) is 88.3 Å². The highest BCUT2D eigenvalue weighted by atomic mass is 32.1. The van der Waals surface area contributed by atoms with Gasteiger partial charge in [-0.25, -0.2) is 0 Å². The first-order valence-electron chi connectivity index (χ1n) is 18.8. The van der Waals surface area contributed by atoms with E-state index in [1.165, 1.54) is 102 Å². The van der Waals surface area contributed by atoms with E-state index in [0.29, 0.717) is 0 Å². The Hall–Kier alpha value is -6.94. The summed E-state index contributed by atoms with van der Waals surface area (Å²) in [6, 6.07) is 71.5. The van der Waals surface area contributed by atoms with Crippen molar-refractivity contribution >= 4 is 85.9 Å². The highest BCUT2D eigenvalue weighted by Crippen LogP contribution is 2.42. The highest BCUT2D eigenvalue weighted by Gasteiger charge is 2.19. The SMILES string of the molecule is c1ccc(-c2ccc3c4cc(-c5ccc6c(c5)c5ccc7ccccc7c5n6-c5ccc6c(c5)sc5ccccc56)ccc4n(-c4ccccc4)c3c2)cc1. The Balaban J connectivity index is 1.08. The summed E-state index contributed by atoms with van der Waals surface area (Å²) >= 11 is 1.87. The molecule has 0 N–H and O–H groups in total. The van der Waals surface area contributed by atoms with E-state index in [-0.39, 0.29) is 0 Å². The lowest BCUT2D eigenvalue weighted by molar-refractivity contribution is 1.18. The van der Waals surface area contributed by atoms with Crippen molar-refractivity contribution in [2.75, 3.05) is 0 Å². The number of hydrogen-bond acceptors (Lipinski definition) is 1. The van der Waals surface area contributed by atoms with Gasteiger partial charge in [0.05, 0.1) is 22.1 Å². The Morgan fingerprint density at radius 1 is 0.291 bits per heavy atom. The molecule has 3 heteroatoms. The molecule has 0 bridgehead atoms. The molecular weight excluding hydrogens is 685 g/mol. The Morgan fingerprint density at radius 2 is 0.891 bits per heavy atom. The van der Waals surface area contributed by atoms with E-state index < -0.39 is 0 Å². The normalized spacial score (nSPS) is 12.0. The van der Waals surface area contributed by atoms with Crippen LogP contribution in [0.1, 0.15) is 0 Å². The van der Waals surface area contributed by atoms with Crippen LogP contribution in [0.3, 0.4) is 0 Å². The lowest BCUT2D eigenvalue weighted by atomic mass is 9.99. The van der Waals surface area contributed by atoms with E-state index in [1.807, 2.05) is 11.3 Å². The van der Waals surface area contributed by atoms with Gasteiger partial charge in [0, 0.05) is 58.5 Å². The van der Waals surface area contributed by atoms with Crippen LogP contribution in [-0.4, -0.2) is 9.13 Å². The zero-order valence-corrected chi connectivity index (χ0v) is 30.6. The average molecular weight is 717 g/mol. The van der Waals surface area contributed by atoms with E-state index in [2.05, 4.69) is 203 Å². The van der Waals surface area contributed by atoms with Crippen molar-refractivity contribution in [3.8, 4) is 33.6 Å². The van der Waals surface area contributed by atoms with Crippen LogP contribution in [0.5, 0.6) is 0 Å². The molecule has 0 fully saturated rings. The fourth-order valence-corrected chi connectivity index (χ4v) is 10.1. The molecule has 0 spiro atoms. The third-order valence-electron chi connectivity index (χ3n) is 11.5. The average Bonchev–Trinajstić information content (AvgIpc) is 3.91. The first kappa shape index (κ1) is 30.5. The molecular formula is C52H32N2S. The van der Waals surface area contributed by atoms with Gasteiger partial charge in [-0.3, -0.25) is 0 Å². The molecule has 0 radical (unpaired) electrons. The molecule has 12 rings (SSSR count). The number of para-hydroxylation sites is 1. The third-order valence-corrected chi connectivity index (χ3v) is 12.6. The van der Waals surface area contributed by atoms with Crippen LogP contribution in [0, 0.1) is 0 Å². The minimum Gasteiger partial charge on any atom is -0.309 e. The molecule has 0 saturated heterocycles. The third kappa shape index (κ3) is 4.60. The van der Waals surface area contributed by atoms with Gasteiger partial charge in [0.25, 0.3) is 0 Å². The number of nitrogens with zero attached hydrogens (tertiary/aromatic N) is 2. The van der Waals surface area contributed by atoms with Crippen molar-refractivity contribution in [1.82, 2.24) is 9.13 Å². The molecule has 9 aromatic carbocycles. The molecule has 12 aromatic rings. The van der Waals surface area contributed by atoms with Crippen LogP contribution in [0.15, 0.2) is 194 Å². The molecule has 0 aliphatic carbocycles. The second kappa shape index (κ2) is 11.8. The van der Waals surface area contributed by atoms with Crippen LogP contribution in [0.4, 0.5) is 0 Å². The highest BCUT2D eigenvalue weighted by molar-refractivity contribution is 7.25. The van der Waals surface area contributed by atoms with Crippen molar-refractivity contribution in [2.24, 2.45) is 0 Å². The number of fused-ring (bicyclic) bond motifs is 11. The van der Waals surface area contributed by atoms with Crippen molar-refractivity contribution in [2.45, 2.75) is 0 Å². The molecule has 3 heterocycles. The lowest BCUT2D eigenvalue weighted by Gasteiger charge is -2.11. The summed E-state index contributed by atoms with van der Waals surface area (Å²) in [6.07, 6.45) is 0. The monoisotopic (exact) mass is 716 g/mol. The molecule has 0 aliphatic heterocycles. The molecule has 0 aliphatic rings. The molecule has 256 valence electrons. The molecule has 55 heavy (non-hydrogen) atoms. The van der Waals surface area contributed by atoms with Crippen LogP contribution in [-0.2, 0) is 0 Å². The van der Waals surface area contributed by atoms with Gasteiger partial charge in [0.15, 0.2) is 0 Å². The summed E-state index contributed by atoms with van der Waals surface area (Å²) in [7, 11) is 0. The summed E-state index contributed by atoms with van der Waals surface area (Å²) in [5.41, 5.74) is 12.1. The van der Waals surface area contributed by atoms with E-state index in [9.17, 15) is 0 Å². The Bertz CT molecular complexity index is 3470. The van der Waals surface area contributed by atoms with Gasteiger partial charge in [0.2, 0.25) is 0 Å². The summed E-state index contributed by atoms with van der Waals surface area (Å²) in [5, 5.41) is 10.2. The summed E-state index contributed by atoms with van der Waals surface area (Å²) in [5.74, 6) is 0. The van der Waals surface area contributed by atoms with Crippen molar-refractivity contribution in [3.63, 3.8) is 0 Å². The molecule has 0 unspecified atom stereocenters. The Labute approximate surface area is 321 Å². The molecule has 0 amide bonds. The Morgan fingerprint density at radius 3 is 1.71 bits per heavy atom. The molecule has 0 atom stereocenters. The first-order chi connectivity index (χ1) is 27.3. The minimum atomic E-state index is 1.16. The van der Waals surface area contributed by atoms with Gasteiger partial charge < -0.3 is 9.13 Å². The number of rotatable bonds is 4. The maximum absolute atomic E-state index is 2.49. The number of aromatic nitrogens is 2. The van der Waals surface area contributed by atoms with Crippen molar-refractivity contribution < 1.29 is 0 Å². The Kier molecular flexibility index (Phi) is 6.54. The summed E-state index contributed by atoms with van der Waals surface area (Å²) in [6.45, 7) is 0. The molecule has 2 nitrogen and oxygen atoms in total. The largest absolute Gasteiger partial charge is 0.309 e. The molecule has 3 aromatic heterocycles. The second-order valence-electron chi connectivity index (χ2n) is 14.5. The second-order valence-corrected chi connectivity index (χ2v) is 15.6. The number of benzene rings is 9. The van der Waals surface area contributed by atoms with Gasteiger partial charge in [-0.2, -0.15) is 0 Å². The van der Waals surface area contributed by atoms with Gasteiger partial charge in [0.1, 0.15) is 0 Å². The van der Waals surface area contributed by atoms with E-state index in [1.54, 1.807) is 0 Å². The van der Waals surface area contributed by atoms with E-state index in [4.69, 9.17) is 0 Å². The van der Waals surface area contributed by atoms with Crippen LogP contribution < -0.4 is 0 Å². The predicted octanol–water partition coefficient (Wildman–Crippen LogP) is 14.7. The topological polar surface area (TPSA) is 9.86 Å². The zero-order chi connectivity index (χ0) is 36.0. The summed E-state index contributed by atoms with van der Waals surface area (Å²) in [4.78, 5) is 0. The lowest BCUT2D eigenvalue weighted by Crippen LogP contribution is -1.94. The fourth-order valence-electron chi connectivity index (χ4n) is 8.95. The van der Waals surface area contributed by atoms with E-state index >= 15 is 0 Å². The van der Waals surface area contributed by atoms with Crippen molar-refractivity contribution in [1.29, 1.82) is 0 Å². The maximum Gasteiger partial charge on any atom is 0.0619 e. The zero-order valence-electron chi connectivity index (χ0n) is 29.8.